The summed E-state index contributed by atoms with van der Waals surface area (Å²) in [6.07, 6.45) is 1.56. The van der Waals surface area contributed by atoms with Crippen molar-refractivity contribution in [3.05, 3.63) is 52.1 Å². The van der Waals surface area contributed by atoms with Gasteiger partial charge in [0.05, 0.1) is 19.6 Å². The Morgan fingerprint density at radius 3 is 2.00 bits per heavy atom. The van der Waals surface area contributed by atoms with Crippen LogP contribution in [0.3, 0.4) is 0 Å². The average Bonchev–Trinajstić information content (AvgIpc) is 2.97. The Kier molecular flexibility index (Phi) is 4.22. The first-order valence-electron chi connectivity index (χ1n) is 10.6. The molecule has 0 atom stereocenters. The molecule has 0 heterocycles. The summed E-state index contributed by atoms with van der Waals surface area (Å²) >= 11 is 0. The first-order valence-corrected chi connectivity index (χ1v) is 10.6. The van der Waals surface area contributed by atoms with Crippen molar-refractivity contribution in [3.63, 3.8) is 0 Å². The number of carbonyl (C=O) groups excluding carboxylic acids is 2. The normalized spacial score (nSPS) is 15.8. The molecule has 0 radical (unpaired) electrons. The molecular weight excluding hydrogens is 420 g/mol. The van der Waals surface area contributed by atoms with Crippen LogP contribution in [0.2, 0.25) is 0 Å². The third-order valence-corrected chi connectivity index (χ3v) is 7.04. The van der Waals surface area contributed by atoms with E-state index in [-0.39, 0.29) is 34.6 Å². The van der Waals surface area contributed by atoms with Gasteiger partial charge in [0.2, 0.25) is 5.75 Å². The third-order valence-electron chi connectivity index (χ3n) is 7.04. The summed E-state index contributed by atoms with van der Waals surface area (Å²) in [6, 6.07) is 4.96. The van der Waals surface area contributed by atoms with Crippen LogP contribution in [0.4, 0.5) is 0 Å². The molecule has 3 aromatic carbocycles. The summed E-state index contributed by atoms with van der Waals surface area (Å²) in [5.74, 6) is 0.0386. The number of methoxy groups -OCH3 is 2. The van der Waals surface area contributed by atoms with Gasteiger partial charge < -0.3 is 19.7 Å². The van der Waals surface area contributed by atoms with Gasteiger partial charge in [-0.1, -0.05) is 0 Å². The van der Waals surface area contributed by atoms with E-state index in [9.17, 15) is 19.8 Å². The van der Waals surface area contributed by atoms with Crippen LogP contribution in [-0.2, 0) is 0 Å². The summed E-state index contributed by atoms with van der Waals surface area (Å²) in [5.41, 5.74) is 4.00. The van der Waals surface area contributed by atoms with Gasteiger partial charge in [-0.15, -0.1) is 0 Å². The highest BCUT2D eigenvalue weighted by molar-refractivity contribution is 6.33. The van der Waals surface area contributed by atoms with Gasteiger partial charge in [-0.3, -0.25) is 9.59 Å². The Morgan fingerprint density at radius 1 is 0.818 bits per heavy atom. The molecule has 0 aromatic heterocycles. The van der Waals surface area contributed by atoms with E-state index < -0.39 is 5.41 Å². The van der Waals surface area contributed by atoms with Gasteiger partial charge in [0.15, 0.2) is 23.1 Å². The first kappa shape index (κ1) is 21.1. The molecule has 6 nitrogen and oxygen atoms in total. The summed E-state index contributed by atoms with van der Waals surface area (Å²) in [6.45, 7) is 7.24. The highest BCUT2D eigenvalue weighted by atomic mass is 16.5. The molecule has 0 bridgehead atoms. The van der Waals surface area contributed by atoms with Crippen molar-refractivity contribution in [1.29, 1.82) is 0 Å². The quantitative estimate of drug-likeness (QED) is 0.565. The van der Waals surface area contributed by atoms with Crippen molar-refractivity contribution >= 4 is 27.9 Å². The molecule has 2 aliphatic carbocycles. The number of phenolic OH excluding ortho intramolecular Hbond substituents is 2. The van der Waals surface area contributed by atoms with Crippen LogP contribution >= 0.6 is 0 Å². The van der Waals surface area contributed by atoms with E-state index in [4.69, 9.17) is 9.47 Å². The third kappa shape index (κ3) is 2.49. The van der Waals surface area contributed by atoms with Gasteiger partial charge in [-0.2, -0.15) is 0 Å². The molecule has 2 aliphatic rings. The van der Waals surface area contributed by atoms with Crippen LogP contribution in [0.5, 0.6) is 23.0 Å². The van der Waals surface area contributed by atoms with Crippen LogP contribution in [-0.4, -0.2) is 36.0 Å². The molecule has 0 unspecified atom stereocenters. The smallest absolute Gasteiger partial charge is 0.200 e. The van der Waals surface area contributed by atoms with E-state index in [2.05, 4.69) is 0 Å². The monoisotopic (exact) mass is 444 g/mol. The molecule has 0 aliphatic heterocycles. The van der Waals surface area contributed by atoms with Crippen molar-refractivity contribution < 1.29 is 29.3 Å². The summed E-state index contributed by atoms with van der Waals surface area (Å²) in [5, 5.41) is 22.8. The van der Waals surface area contributed by atoms with Crippen molar-refractivity contribution in [2.75, 3.05) is 14.2 Å². The van der Waals surface area contributed by atoms with E-state index in [1.165, 1.54) is 14.2 Å². The van der Waals surface area contributed by atoms with Crippen molar-refractivity contribution in [1.82, 2.24) is 0 Å². The lowest BCUT2D eigenvalue weighted by Gasteiger charge is -2.24. The number of ether oxygens (including phenoxy) is 2. The Labute approximate surface area is 191 Å². The second-order valence-corrected chi connectivity index (χ2v) is 9.20. The highest BCUT2D eigenvalue weighted by Crippen LogP contribution is 2.57. The number of phenols is 2. The highest BCUT2D eigenvalue weighted by Gasteiger charge is 2.47. The van der Waals surface area contributed by atoms with Gasteiger partial charge in [0.25, 0.3) is 0 Å². The predicted molar refractivity (Wildman–Crippen MR) is 126 cm³/mol. The van der Waals surface area contributed by atoms with Gasteiger partial charge in [-0.25, -0.2) is 0 Å². The van der Waals surface area contributed by atoms with Crippen molar-refractivity contribution in [2.45, 2.75) is 27.7 Å². The molecule has 6 heteroatoms. The molecule has 0 amide bonds. The number of allylic oxidation sites excluding steroid dienone is 2. The molecule has 0 saturated heterocycles. The molecule has 0 saturated carbocycles. The van der Waals surface area contributed by atoms with Crippen LogP contribution in [0.15, 0.2) is 24.3 Å². The van der Waals surface area contributed by atoms with E-state index in [1.54, 1.807) is 31.2 Å². The fraction of sp³-hybridized carbons (Fsp3) is 0.259. The maximum atomic E-state index is 13.6. The van der Waals surface area contributed by atoms with Gasteiger partial charge in [-0.05, 0) is 85.4 Å². The molecular formula is C27H24O6. The van der Waals surface area contributed by atoms with Crippen LogP contribution in [0.1, 0.15) is 51.3 Å². The minimum atomic E-state index is -0.864. The van der Waals surface area contributed by atoms with Gasteiger partial charge in [0.1, 0.15) is 5.75 Å². The zero-order chi connectivity index (χ0) is 24.0. The maximum Gasteiger partial charge on any atom is 0.200 e. The Balaban J connectivity index is 2.05. The molecule has 2 N–H and O–H groups in total. The number of ketones is 2. The Hall–Kier alpha value is -3.80. The first-order chi connectivity index (χ1) is 15.5. The molecule has 3 aromatic rings. The zero-order valence-electron chi connectivity index (χ0n) is 19.3. The summed E-state index contributed by atoms with van der Waals surface area (Å²) in [4.78, 5) is 26.8. The maximum absolute atomic E-state index is 13.6. The number of hydrogen-bond donors (Lipinski definition) is 2. The van der Waals surface area contributed by atoms with E-state index in [0.29, 0.717) is 49.7 Å². The Bertz CT molecular complexity index is 1450. The largest absolute Gasteiger partial charge is 0.507 e. The minimum absolute atomic E-state index is 0.0480. The topological polar surface area (TPSA) is 93.1 Å². The number of aromatic hydroxyl groups is 2. The van der Waals surface area contributed by atoms with E-state index in [1.807, 2.05) is 20.8 Å². The number of rotatable bonds is 3. The lowest BCUT2D eigenvalue weighted by Crippen LogP contribution is -2.20. The zero-order valence-corrected chi connectivity index (χ0v) is 19.3. The summed E-state index contributed by atoms with van der Waals surface area (Å²) < 4.78 is 10.7. The number of aryl methyl sites for hydroxylation is 1. The second-order valence-electron chi connectivity index (χ2n) is 9.20. The number of hydrogen-bond acceptors (Lipinski definition) is 6. The van der Waals surface area contributed by atoms with Gasteiger partial charge >= 0.3 is 0 Å². The lowest BCUT2D eigenvalue weighted by atomic mass is 9.78. The molecule has 33 heavy (non-hydrogen) atoms. The molecule has 0 spiro atoms. The van der Waals surface area contributed by atoms with Crippen LogP contribution in [0.25, 0.3) is 27.5 Å². The van der Waals surface area contributed by atoms with Crippen LogP contribution in [0, 0.1) is 19.3 Å². The average molecular weight is 444 g/mol. The SMILES string of the molecule is COc1cc(-c2c(C)c3c4c5c(cc(C)c(O)c25)C(=O)C=C4C(C)(C)C3=O)cc(OC)c1O. The van der Waals surface area contributed by atoms with Gasteiger partial charge in [0, 0.05) is 21.9 Å². The fourth-order valence-electron chi connectivity index (χ4n) is 5.29. The molecule has 168 valence electrons. The van der Waals surface area contributed by atoms with E-state index >= 15 is 0 Å². The predicted octanol–water partition coefficient (Wildman–Crippen LogP) is 5.35. The number of carbonyl (C=O) groups is 2. The lowest BCUT2D eigenvalue weighted by molar-refractivity contribution is 0.0905. The van der Waals surface area contributed by atoms with Crippen molar-refractivity contribution in [3.8, 4) is 34.1 Å². The molecule has 0 fully saturated rings. The minimum Gasteiger partial charge on any atom is -0.507 e. The second kappa shape index (κ2) is 6.61. The fourth-order valence-corrected chi connectivity index (χ4v) is 5.29. The Morgan fingerprint density at radius 2 is 1.42 bits per heavy atom. The van der Waals surface area contributed by atoms with Crippen LogP contribution < -0.4 is 9.47 Å². The number of Topliss-reactive ketones (excluding diaryl/α,β-unsaturated/α-hetero) is 1. The standard InChI is InChI=1S/C27H24O6/c1-11-7-14-16(28)10-15-22-20(26(31)27(15,3)4)12(2)19(23(21(14)22)24(11)29)13-8-17(32-5)25(30)18(9-13)33-6/h7-10,29-30H,1-6H3. The number of benzene rings is 3. The van der Waals surface area contributed by atoms with E-state index in [0.717, 1.165) is 5.56 Å². The summed E-state index contributed by atoms with van der Waals surface area (Å²) in [7, 11) is 2.87. The molecule has 5 rings (SSSR count). The van der Waals surface area contributed by atoms with Crippen molar-refractivity contribution in [2.24, 2.45) is 5.41 Å².